The van der Waals surface area contributed by atoms with Crippen LogP contribution in [-0.4, -0.2) is 37.8 Å². The summed E-state index contributed by atoms with van der Waals surface area (Å²) in [6.07, 6.45) is 6.89. The van der Waals surface area contributed by atoms with Crippen molar-refractivity contribution >= 4 is 34.8 Å². The largest absolute Gasteiger partial charge is 0.345 e. The van der Waals surface area contributed by atoms with E-state index in [0.717, 1.165) is 16.6 Å². The second-order valence-corrected chi connectivity index (χ2v) is 5.39. The summed E-state index contributed by atoms with van der Waals surface area (Å²) in [6, 6.07) is 0. The molecule has 7 nitrogen and oxygen atoms in total. The Labute approximate surface area is 111 Å². The van der Waals surface area contributed by atoms with Gasteiger partial charge >= 0.3 is 0 Å². The smallest absolute Gasteiger partial charge is 0.282 e. The van der Waals surface area contributed by atoms with E-state index in [1.54, 1.807) is 6.20 Å². The van der Waals surface area contributed by atoms with Gasteiger partial charge in [0.2, 0.25) is 0 Å². The summed E-state index contributed by atoms with van der Waals surface area (Å²) in [6.45, 7) is 0.560. The average molecular weight is 272 g/mol. The number of carbonyl (C=O) groups excluding carboxylic acids is 1. The van der Waals surface area contributed by atoms with Gasteiger partial charge in [-0.25, -0.2) is 9.97 Å². The quantitative estimate of drug-likeness (QED) is 0.798. The second kappa shape index (κ2) is 3.89. The molecule has 19 heavy (non-hydrogen) atoms. The van der Waals surface area contributed by atoms with Crippen molar-refractivity contribution in [1.82, 2.24) is 20.0 Å². The number of hydrogen-bond donors (Lipinski definition) is 1. The molecule has 1 atom stereocenters. The first-order valence-electron chi connectivity index (χ1n) is 5.69. The van der Waals surface area contributed by atoms with Crippen molar-refractivity contribution < 1.29 is 4.79 Å². The van der Waals surface area contributed by atoms with Crippen molar-refractivity contribution in [1.29, 1.82) is 0 Å². The van der Waals surface area contributed by atoms with Gasteiger partial charge in [-0.15, -0.1) is 0 Å². The molecule has 8 heteroatoms. The Kier molecular flexibility index (Phi) is 2.18. The Bertz CT molecular complexity index is 736. The first-order chi connectivity index (χ1) is 9.33. The Morgan fingerprint density at radius 2 is 2.47 bits per heavy atom. The zero-order valence-corrected chi connectivity index (χ0v) is 10.5. The van der Waals surface area contributed by atoms with E-state index in [1.165, 1.54) is 23.1 Å². The Morgan fingerprint density at radius 1 is 1.53 bits per heavy atom. The molecule has 1 fully saturated rings. The van der Waals surface area contributed by atoms with Gasteiger partial charge in [-0.1, -0.05) is 17.0 Å². The summed E-state index contributed by atoms with van der Waals surface area (Å²) < 4.78 is 0. The molecule has 0 aliphatic carbocycles. The fourth-order valence-corrected chi connectivity index (χ4v) is 3.18. The zero-order chi connectivity index (χ0) is 12.8. The lowest BCUT2D eigenvalue weighted by atomic mass is 10.2. The molecular weight excluding hydrogens is 264 g/mol. The molecule has 1 unspecified atom stereocenters. The molecule has 0 aromatic carbocycles. The summed E-state index contributed by atoms with van der Waals surface area (Å²) in [5, 5.41) is 10.0. The van der Waals surface area contributed by atoms with Crippen LogP contribution in [0.4, 0.5) is 0 Å². The lowest BCUT2D eigenvalue weighted by molar-refractivity contribution is -0.125. The minimum atomic E-state index is -0.0950. The summed E-state index contributed by atoms with van der Waals surface area (Å²) in [5.41, 5.74) is 1.67. The molecule has 0 bridgehead atoms. The van der Waals surface area contributed by atoms with Crippen molar-refractivity contribution in [3.8, 4) is 0 Å². The van der Waals surface area contributed by atoms with Gasteiger partial charge in [0, 0.05) is 23.3 Å². The number of nitrogens with zero attached hydrogens (tertiary/aromatic N) is 5. The summed E-state index contributed by atoms with van der Waals surface area (Å²) in [7, 11) is 0. The first-order valence-corrected chi connectivity index (χ1v) is 6.57. The number of nitrogens with one attached hydrogen (secondary N) is 1. The third-order valence-corrected chi connectivity index (χ3v) is 4.19. The van der Waals surface area contributed by atoms with E-state index in [0.29, 0.717) is 11.4 Å². The minimum absolute atomic E-state index is 0.0141. The van der Waals surface area contributed by atoms with Crippen LogP contribution in [0.2, 0.25) is 0 Å². The molecule has 4 heterocycles. The Balaban J connectivity index is 1.76. The highest BCUT2D eigenvalue weighted by Gasteiger charge is 2.39. The van der Waals surface area contributed by atoms with Crippen LogP contribution in [0.3, 0.4) is 0 Å². The normalized spacial score (nSPS) is 23.8. The van der Waals surface area contributed by atoms with E-state index in [9.17, 15) is 4.79 Å². The Hall–Kier alpha value is -2.22. The van der Waals surface area contributed by atoms with Gasteiger partial charge in [-0.05, 0) is 6.08 Å². The molecule has 94 valence electrons. The van der Waals surface area contributed by atoms with Crippen LogP contribution in [-0.2, 0) is 4.79 Å². The van der Waals surface area contributed by atoms with Gasteiger partial charge in [0.15, 0.2) is 0 Å². The molecule has 0 spiro atoms. The lowest BCUT2D eigenvalue weighted by Gasteiger charge is -2.04. The van der Waals surface area contributed by atoms with E-state index < -0.39 is 0 Å². The standard InChI is InChI=1S/C11H8N6OS/c18-11-8(19-9-4-15-16-17(9)11)1-6-2-13-10-7(6)3-12-5-14-10/h1-3,5,9H,4H2,(H,12,13,14). The molecular formula is C11H8N6OS. The number of carbonyl (C=O) groups is 1. The highest BCUT2D eigenvalue weighted by atomic mass is 32.2. The van der Waals surface area contributed by atoms with Crippen molar-refractivity contribution in [2.24, 2.45) is 10.3 Å². The Morgan fingerprint density at radius 3 is 3.37 bits per heavy atom. The lowest BCUT2D eigenvalue weighted by Crippen LogP contribution is -2.23. The van der Waals surface area contributed by atoms with Gasteiger partial charge in [-0.2, -0.15) is 10.1 Å². The molecule has 2 aliphatic heterocycles. The molecule has 1 amide bonds. The third-order valence-electron chi connectivity index (χ3n) is 3.03. The molecule has 4 rings (SSSR count). The number of amides is 1. The van der Waals surface area contributed by atoms with E-state index in [1.807, 2.05) is 12.3 Å². The van der Waals surface area contributed by atoms with Crippen LogP contribution in [0.15, 0.2) is 34.0 Å². The third kappa shape index (κ3) is 1.56. The van der Waals surface area contributed by atoms with Gasteiger partial charge in [0.1, 0.15) is 17.3 Å². The van der Waals surface area contributed by atoms with Gasteiger partial charge in [0.05, 0.1) is 11.4 Å². The van der Waals surface area contributed by atoms with Crippen molar-refractivity contribution in [3.63, 3.8) is 0 Å². The van der Waals surface area contributed by atoms with Crippen molar-refractivity contribution in [2.75, 3.05) is 6.54 Å². The maximum Gasteiger partial charge on any atom is 0.282 e. The molecule has 2 aromatic heterocycles. The van der Waals surface area contributed by atoms with Crippen molar-refractivity contribution in [3.05, 3.63) is 29.2 Å². The van der Waals surface area contributed by atoms with Gasteiger partial charge in [0.25, 0.3) is 5.91 Å². The number of aromatic amines is 1. The highest BCUT2D eigenvalue weighted by Crippen LogP contribution is 2.39. The molecule has 0 radical (unpaired) electrons. The van der Waals surface area contributed by atoms with E-state index in [-0.39, 0.29) is 11.3 Å². The maximum atomic E-state index is 12.1. The topological polar surface area (TPSA) is 86.6 Å². The number of hydrogen-bond acceptors (Lipinski definition) is 6. The van der Waals surface area contributed by atoms with E-state index in [4.69, 9.17) is 0 Å². The summed E-state index contributed by atoms with van der Waals surface area (Å²) in [4.78, 5) is 23.9. The van der Waals surface area contributed by atoms with Crippen LogP contribution < -0.4 is 0 Å². The fraction of sp³-hybridized carbons (Fsp3) is 0.182. The molecule has 2 aliphatic rings. The first kappa shape index (κ1) is 10.7. The number of rotatable bonds is 1. The number of fused-ring (bicyclic) bond motifs is 2. The molecule has 1 saturated heterocycles. The van der Waals surface area contributed by atoms with E-state index in [2.05, 4.69) is 25.3 Å². The number of aromatic nitrogens is 3. The van der Waals surface area contributed by atoms with Crippen LogP contribution in [0.25, 0.3) is 17.1 Å². The van der Waals surface area contributed by atoms with Crippen LogP contribution >= 0.6 is 11.8 Å². The van der Waals surface area contributed by atoms with Crippen LogP contribution in [0.1, 0.15) is 5.56 Å². The van der Waals surface area contributed by atoms with Crippen LogP contribution in [0.5, 0.6) is 0 Å². The molecule has 2 aromatic rings. The molecule has 1 N–H and O–H groups in total. The summed E-state index contributed by atoms with van der Waals surface area (Å²) >= 11 is 1.49. The highest BCUT2D eigenvalue weighted by molar-refractivity contribution is 8.05. The predicted molar refractivity (Wildman–Crippen MR) is 69.8 cm³/mol. The monoisotopic (exact) mass is 272 g/mol. The van der Waals surface area contributed by atoms with Gasteiger partial charge < -0.3 is 4.98 Å². The SMILES string of the molecule is O=C1C(=Cc2c[nH]c3ncncc23)SC2CN=NN12. The minimum Gasteiger partial charge on any atom is -0.345 e. The van der Waals surface area contributed by atoms with E-state index >= 15 is 0 Å². The second-order valence-electron chi connectivity index (χ2n) is 4.17. The zero-order valence-electron chi connectivity index (χ0n) is 9.65. The summed E-state index contributed by atoms with van der Waals surface area (Å²) in [5.74, 6) is -0.0950. The fourth-order valence-electron chi connectivity index (χ4n) is 2.11. The molecule has 0 saturated carbocycles. The number of thioether (sulfide) groups is 1. The van der Waals surface area contributed by atoms with Gasteiger partial charge in [-0.3, -0.25) is 4.79 Å². The van der Waals surface area contributed by atoms with Crippen LogP contribution in [0, 0.1) is 0 Å². The maximum absolute atomic E-state index is 12.1. The van der Waals surface area contributed by atoms with Crippen molar-refractivity contribution in [2.45, 2.75) is 5.37 Å². The average Bonchev–Trinajstić information content (AvgIpc) is 3.10. The number of H-pyrrole nitrogens is 1. The predicted octanol–water partition coefficient (Wildman–Crippen LogP) is 1.58.